The molecule has 1 aromatic rings. The lowest BCUT2D eigenvalue weighted by Crippen LogP contribution is -2.31. The molecule has 0 aromatic heterocycles. The van der Waals surface area contributed by atoms with Gasteiger partial charge in [0.1, 0.15) is 5.75 Å². The number of nitro benzene ring substituents is 1. The minimum absolute atomic E-state index is 0.0246. The molecule has 1 unspecified atom stereocenters. The van der Waals surface area contributed by atoms with Crippen molar-refractivity contribution < 1.29 is 24.3 Å². The molecule has 0 fully saturated rings. The zero-order valence-corrected chi connectivity index (χ0v) is 10.9. The van der Waals surface area contributed by atoms with E-state index in [1.807, 2.05) is 0 Å². The van der Waals surface area contributed by atoms with Gasteiger partial charge in [-0.1, -0.05) is 0 Å². The smallest absolute Gasteiger partial charge is 0.347 e. The van der Waals surface area contributed by atoms with E-state index in [0.717, 1.165) is 0 Å². The number of rotatable bonds is 6. The Kier molecular flexibility index (Phi) is 4.82. The van der Waals surface area contributed by atoms with Gasteiger partial charge in [0.25, 0.3) is 5.69 Å². The van der Waals surface area contributed by atoms with E-state index in [4.69, 9.17) is 14.6 Å². The number of carboxylic acid groups (broad SMARTS) is 1. The van der Waals surface area contributed by atoms with Crippen molar-refractivity contribution in [2.75, 3.05) is 13.7 Å². The lowest BCUT2D eigenvalue weighted by Gasteiger charge is -2.16. The van der Waals surface area contributed by atoms with Gasteiger partial charge in [-0.3, -0.25) is 10.1 Å². The van der Waals surface area contributed by atoms with Crippen molar-refractivity contribution in [3.05, 3.63) is 33.4 Å². The molecular formula is C12H15NO6. The van der Waals surface area contributed by atoms with Gasteiger partial charge in [0.05, 0.1) is 11.5 Å². The van der Waals surface area contributed by atoms with Crippen molar-refractivity contribution in [1.82, 2.24) is 0 Å². The largest absolute Gasteiger partial charge is 0.478 e. The standard InChI is InChI=1S/C12H15NO6/c1-7-5-10(8(2)4-9(7)13(16)17)19-11(6-18-3)12(14)15/h4-5,11H,6H2,1-3H3,(H,14,15). The summed E-state index contributed by atoms with van der Waals surface area (Å²) in [5, 5.41) is 19.7. The van der Waals surface area contributed by atoms with Gasteiger partial charge < -0.3 is 14.6 Å². The summed E-state index contributed by atoms with van der Waals surface area (Å²) in [4.78, 5) is 21.2. The molecule has 0 bridgehead atoms. The summed E-state index contributed by atoms with van der Waals surface area (Å²) in [6.07, 6.45) is -1.15. The number of carboxylic acids is 1. The van der Waals surface area contributed by atoms with Crippen LogP contribution in [0.25, 0.3) is 0 Å². The summed E-state index contributed by atoms with van der Waals surface area (Å²) < 4.78 is 10.1. The number of ether oxygens (including phenoxy) is 2. The van der Waals surface area contributed by atoms with Gasteiger partial charge in [-0.25, -0.2) is 4.79 Å². The summed E-state index contributed by atoms with van der Waals surface area (Å²) in [5.74, 6) is -0.857. The number of aryl methyl sites for hydroxylation is 2. The average molecular weight is 269 g/mol. The first-order valence-corrected chi connectivity index (χ1v) is 5.50. The highest BCUT2D eigenvalue weighted by Crippen LogP contribution is 2.28. The van der Waals surface area contributed by atoms with Crippen LogP contribution in [-0.4, -0.2) is 35.8 Å². The van der Waals surface area contributed by atoms with E-state index >= 15 is 0 Å². The Morgan fingerprint density at radius 3 is 2.53 bits per heavy atom. The molecule has 1 atom stereocenters. The molecule has 0 saturated heterocycles. The second kappa shape index (κ2) is 6.14. The van der Waals surface area contributed by atoms with Crippen LogP contribution in [0.4, 0.5) is 5.69 Å². The van der Waals surface area contributed by atoms with E-state index in [1.165, 1.54) is 19.2 Å². The van der Waals surface area contributed by atoms with Crippen LogP contribution in [0.5, 0.6) is 5.75 Å². The fourth-order valence-electron chi connectivity index (χ4n) is 1.56. The summed E-state index contributed by atoms with van der Waals surface area (Å²) >= 11 is 0. The third-order valence-corrected chi connectivity index (χ3v) is 2.55. The summed E-state index contributed by atoms with van der Waals surface area (Å²) in [7, 11) is 1.37. The minimum atomic E-state index is -1.16. The Morgan fingerprint density at radius 1 is 1.42 bits per heavy atom. The first-order chi connectivity index (χ1) is 8.86. The Labute approximate surface area is 109 Å². The van der Waals surface area contributed by atoms with Crippen LogP contribution in [0, 0.1) is 24.0 Å². The van der Waals surface area contributed by atoms with E-state index in [-0.39, 0.29) is 12.3 Å². The van der Waals surface area contributed by atoms with Crippen molar-refractivity contribution in [3.63, 3.8) is 0 Å². The Balaban J connectivity index is 3.04. The summed E-state index contributed by atoms with van der Waals surface area (Å²) in [5.41, 5.74) is 0.885. The Hall–Kier alpha value is -2.15. The molecule has 0 aliphatic carbocycles. The van der Waals surface area contributed by atoms with Crippen LogP contribution in [-0.2, 0) is 9.53 Å². The van der Waals surface area contributed by atoms with Crippen molar-refractivity contribution in [2.24, 2.45) is 0 Å². The zero-order chi connectivity index (χ0) is 14.6. The number of nitro groups is 1. The maximum absolute atomic E-state index is 11.0. The summed E-state index contributed by atoms with van der Waals surface area (Å²) in [6, 6.07) is 2.81. The van der Waals surface area contributed by atoms with Gasteiger partial charge in [-0.05, 0) is 25.5 Å². The van der Waals surface area contributed by atoms with Crippen LogP contribution < -0.4 is 4.74 Å². The molecule has 0 amide bonds. The maximum Gasteiger partial charge on any atom is 0.347 e. The lowest BCUT2D eigenvalue weighted by atomic mass is 10.1. The predicted molar refractivity (Wildman–Crippen MR) is 66.5 cm³/mol. The minimum Gasteiger partial charge on any atom is -0.478 e. The number of nitrogens with zero attached hydrogens (tertiary/aromatic N) is 1. The zero-order valence-electron chi connectivity index (χ0n) is 10.9. The maximum atomic E-state index is 11.0. The van der Waals surface area contributed by atoms with Crippen LogP contribution in [0.1, 0.15) is 11.1 Å². The normalized spacial score (nSPS) is 11.9. The van der Waals surface area contributed by atoms with Gasteiger partial charge in [0.15, 0.2) is 0 Å². The highest BCUT2D eigenvalue weighted by Gasteiger charge is 2.22. The van der Waals surface area contributed by atoms with Gasteiger partial charge in [-0.2, -0.15) is 0 Å². The van der Waals surface area contributed by atoms with Crippen LogP contribution >= 0.6 is 0 Å². The van der Waals surface area contributed by atoms with E-state index in [9.17, 15) is 14.9 Å². The highest BCUT2D eigenvalue weighted by molar-refractivity contribution is 5.73. The van der Waals surface area contributed by atoms with Crippen molar-refractivity contribution in [1.29, 1.82) is 0 Å². The third-order valence-electron chi connectivity index (χ3n) is 2.55. The fraction of sp³-hybridized carbons (Fsp3) is 0.417. The van der Waals surface area contributed by atoms with Gasteiger partial charge in [0, 0.05) is 18.7 Å². The van der Waals surface area contributed by atoms with Gasteiger partial charge in [0.2, 0.25) is 6.10 Å². The first-order valence-electron chi connectivity index (χ1n) is 5.50. The Bertz CT molecular complexity index is 499. The summed E-state index contributed by atoms with van der Waals surface area (Å²) in [6.45, 7) is 3.08. The first kappa shape index (κ1) is 14.9. The van der Waals surface area contributed by atoms with Crippen LogP contribution in [0.2, 0.25) is 0 Å². The quantitative estimate of drug-likeness (QED) is 0.623. The Morgan fingerprint density at radius 2 is 2.05 bits per heavy atom. The number of hydrogen-bond donors (Lipinski definition) is 1. The van der Waals surface area contributed by atoms with E-state index in [2.05, 4.69) is 0 Å². The molecular weight excluding hydrogens is 254 g/mol. The fourth-order valence-corrected chi connectivity index (χ4v) is 1.56. The van der Waals surface area contributed by atoms with Crippen molar-refractivity contribution in [3.8, 4) is 5.75 Å². The molecule has 19 heavy (non-hydrogen) atoms. The predicted octanol–water partition coefficient (Wildman–Crippen LogP) is 1.69. The molecule has 104 valence electrons. The molecule has 1 rings (SSSR count). The second-order valence-corrected chi connectivity index (χ2v) is 4.06. The molecule has 0 radical (unpaired) electrons. The van der Waals surface area contributed by atoms with Gasteiger partial charge in [-0.15, -0.1) is 0 Å². The molecule has 0 spiro atoms. The number of carbonyl (C=O) groups is 1. The molecule has 0 aliphatic rings. The molecule has 7 nitrogen and oxygen atoms in total. The molecule has 0 heterocycles. The lowest BCUT2D eigenvalue weighted by molar-refractivity contribution is -0.385. The monoisotopic (exact) mass is 269 g/mol. The highest BCUT2D eigenvalue weighted by atomic mass is 16.6. The number of hydrogen-bond acceptors (Lipinski definition) is 5. The topological polar surface area (TPSA) is 98.9 Å². The van der Waals surface area contributed by atoms with Crippen molar-refractivity contribution >= 4 is 11.7 Å². The van der Waals surface area contributed by atoms with Gasteiger partial charge >= 0.3 is 5.97 Å². The van der Waals surface area contributed by atoms with Crippen molar-refractivity contribution in [2.45, 2.75) is 20.0 Å². The average Bonchev–Trinajstić information content (AvgIpc) is 2.32. The molecule has 7 heteroatoms. The number of aliphatic carboxylic acids is 1. The van der Waals surface area contributed by atoms with Crippen LogP contribution in [0.3, 0.4) is 0 Å². The SMILES string of the molecule is COCC(Oc1cc(C)c([N+](=O)[O-])cc1C)C(=O)O. The second-order valence-electron chi connectivity index (χ2n) is 4.06. The van der Waals surface area contributed by atoms with E-state index < -0.39 is 17.0 Å². The van der Waals surface area contributed by atoms with Crippen LogP contribution in [0.15, 0.2) is 12.1 Å². The van der Waals surface area contributed by atoms with E-state index in [1.54, 1.807) is 13.8 Å². The third kappa shape index (κ3) is 3.65. The molecule has 1 aromatic carbocycles. The molecule has 0 saturated carbocycles. The number of benzene rings is 1. The molecule has 0 aliphatic heterocycles. The molecule has 1 N–H and O–H groups in total. The number of methoxy groups -OCH3 is 1. The van der Waals surface area contributed by atoms with E-state index in [0.29, 0.717) is 16.9 Å².